The zero-order chi connectivity index (χ0) is 12.1. The highest BCUT2D eigenvalue weighted by Gasteiger charge is 2.02. The lowest BCUT2D eigenvalue weighted by Gasteiger charge is -2.05. The van der Waals surface area contributed by atoms with Gasteiger partial charge in [-0.2, -0.15) is 0 Å². The maximum Gasteiger partial charge on any atom is 0.213 e. The largest absolute Gasteiger partial charge is 0.477 e. The summed E-state index contributed by atoms with van der Waals surface area (Å²) >= 11 is 1.64. The van der Waals surface area contributed by atoms with Crippen LogP contribution in [0.5, 0.6) is 5.88 Å². The number of aromatic nitrogens is 2. The zero-order valence-corrected chi connectivity index (χ0v) is 10.4. The van der Waals surface area contributed by atoms with Gasteiger partial charge in [-0.15, -0.1) is 11.3 Å². The summed E-state index contributed by atoms with van der Waals surface area (Å²) in [7, 11) is 0. The number of hydrogen-bond donors (Lipinski definition) is 1. The van der Waals surface area contributed by atoms with Crippen LogP contribution in [-0.2, 0) is 13.0 Å². The second-order valence-corrected chi connectivity index (χ2v) is 4.56. The molecule has 0 aliphatic heterocycles. The van der Waals surface area contributed by atoms with Crippen LogP contribution in [0.2, 0.25) is 0 Å². The lowest BCUT2D eigenvalue weighted by atomic mass is 10.3. The molecular formula is C12H14N2O2S. The van der Waals surface area contributed by atoms with Gasteiger partial charge in [0.05, 0.1) is 24.4 Å². The highest BCUT2D eigenvalue weighted by Crippen LogP contribution is 2.14. The van der Waals surface area contributed by atoms with E-state index in [1.807, 2.05) is 12.4 Å². The van der Waals surface area contributed by atoms with Crippen molar-refractivity contribution in [2.75, 3.05) is 6.61 Å². The van der Waals surface area contributed by atoms with Crippen LogP contribution in [0.3, 0.4) is 0 Å². The average molecular weight is 250 g/mol. The summed E-state index contributed by atoms with van der Waals surface area (Å²) in [6.45, 7) is 2.58. The third kappa shape index (κ3) is 3.25. The number of pyridine rings is 1. The van der Waals surface area contributed by atoms with E-state index in [0.717, 1.165) is 17.7 Å². The topological polar surface area (TPSA) is 55.2 Å². The number of thiazole rings is 1. The molecule has 17 heavy (non-hydrogen) atoms. The predicted molar refractivity (Wildman–Crippen MR) is 66.2 cm³/mol. The number of aliphatic hydroxyl groups excluding tert-OH is 1. The Hall–Kier alpha value is -1.46. The van der Waals surface area contributed by atoms with E-state index in [1.165, 1.54) is 4.88 Å². The molecule has 0 amide bonds. The van der Waals surface area contributed by atoms with Crippen LogP contribution in [0.15, 0.2) is 23.8 Å². The summed E-state index contributed by atoms with van der Waals surface area (Å²) in [5, 5.41) is 8.98. The van der Waals surface area contributed by atoms with Crippen LogP contribution >= 0.6 is 11.3 Å². The second-order valence-electron chi connectivity index (χ2n) is 3.62. The Balaban J connectivity index is 1.87. The molecule has 0 fully saturated rings. The minimum atomic E-state index is 0.00678. The molecule has 2 rings (SSSR count). The van der Waals surface area contributed by atoms with Gasteiger partial charge in [0.15, 0.2) is 0 Å². The van der Waals surface area contributed by atoms with Crippen molar-refractivity contribution in [3.63, 3.8) is 0 Å². The molecule has 4 nitrogen and oxygen atoms in total. The van der Waals surface area contributed by atoms with Crippen molar-refractivity contribution in [1.82, 2.24) is 9.97 Å². The first kappa shape index (κ1) is 12.0. The summed E-state index contributed by atoms with van der Waals surface area (Å²) in [4.78, 5) is 9.51. The van der Waals surface area contributed by atoms with Gasteiger partial charge < -0.3 is 9.84 Å². The number of ether oxygens (including phenoxy) is 1. The molecule has 0 aliphatic rings. The van der Waals surface area contributed by atoms with Crippen LogP contribution in [0, 0.1) is 6.92 Å². The summed E-state index contributed by atoms with van der Waals surface area (Å²) in [5.74, 6) is 0.554. The standard InChI is InChI=1S/C12H14N2O2S/c1-9-11(17-8-14-9)3-5-16-12-6-10(7-15)2-4-13-12/h2,4,6,8,15H,3,5,7H2,1H3. The van der Waals surface area contributed by atoms with E-state index in [2.05, 4.69) is 9.97 Å². The summed E-state index contributed by atoms with van der Waals surface area (Å²) in [6, 6.07) is 3.51. The molecule has 0 spiro atoms. The number of aryl methyl sites for hydroxylation is 1. The Kier molecular flexibility index (Phi) is 4.06. The van der Waals surface area contributed by atoms with Crippen molar-refractivity contribution in [2.24, 2.45) is 0 Å². The lowest BCUT2D eigenvalue weighted by molar-refractivity contribution is 0.277. The molecule has 2 heterocycles. The van der Waals surface area contributed by atoms with Gasteiger partial charge in [0.2, 0.25) is 5.88 Å². The molecular weight excluding hydrogens is 236 g/mol. The smallest absolute Gasteiger partial charge is 0.213 e. The summed E-state index contributed by atoms with van der Waals surface area (Å²) in [6.07, 6.45) is 2.47. The molecule has 0 radical (unpaired) electrons. The van der Waals surface area contributed by atoms with E-state index in [4.69, 9.17) is 9.84 Å². The molecule has 0 unspecified atom stereocenters. The molecule has 2 aromatic heterocycles. The molecule has 5 heteroatoms. The van der Waals surface area contributed by atoms with Crippen molar-refractivity contribution < 1.29 is 9.84 Å². The molecule has 90 valence electrons. The molecule has 2 aromatic rings. The fourth-order valence-electron chi connectivity index (χ4n) is 1.44. The first-order valence-electron chi connectivity index (χ1n) is 5.37. The number of rotatable bonds is 5. The Morgan fingerprint density at radius 2 is 2.29 bits per heavy atom. The summed E-state index contributed by atoms with van der Waals surface area (Å²) in [5.41, 5.74) is 3.72. The minimum Gasteiger partial charge on any atom is -0.477 e. The van der Waals surface area contributed by atoms with Crippen LogP contribution < -0.4 is 4.74 Å². The van der Waals surface area contributed by atoms with Crippen molar-refractivity contribution in [2.45, 2.75) is 20.0 Å². The quantitative estimate of drug-likeness (QED) is 0.881. The maximum absolute atomic E-state index is 8.98. The Bertz CT molecular complexity index is 485. The second kappa shape index (κ2) is 5.75. The maximum atomic E-state index is 8.98. The van der Waals surface area contributed by atoms with Crippen molar-refractivity contribution in [3.8, 4) is 5.88 Å². The van der Waals surface area contributed by atoms with Gasteiger partial charge in [0.25, 0.3) is 0 Å². The molecule has 0 bridgehead atoms. The van der Waals surface area contributed by atoms with Gasteiger partial charge in [-0.25, -0.2) is 9.97 Å². The van der Waals surface area contributed by atoms with Crippen LogP contribution in [0.25, 0.3) is 0 Å². The van der Waals surface area contributed by atoms with E-state index < -0.39 is 0 Å². The SMILES string of the molecule is Cc1ncsc1CCOc1cc(CO)ccn1. The van der Waals surface area contributed by atoms with Crippen LogP contribution in [0.1, 0.15) is 16.1 Å². The number of aliphatic hydroxyl groups is 1. The van der Waals surface area contributed by atoms with Crippen LogP contribution in [-0.4, -0.2) is 21.7 Å². The normalized spacial score (nSPS) is 10.5. The molecule has 0 saturated heterocycles. The molecule has 0 aromatic carbocycles. The average Bonchev–Trinajstić information content (AvgIpc) is 2.76. The van der Waals surface area contributed by atoms with Crippen LogP contribution in [0.4, 0.5) is 0 Å². The van der Waals surface area contributed by atoms with Gasteiger partial charge in [0.1, 0.15) is 0 Å². The van der Waals surface area contributed by atoms with Gasteiger partial charge in [-0.05, 0) is 18.6 Å². The van der Waals surface area contributed by atoms with E-state index in [0.29, 0.717) is 12.5 Å². The number of hydrogen-bond acceptors (Lipinski definition) is 5. The first-order valence-corrected chi connectivity index (χ1v) is 6.25. The Labute approximate surface area is 104 Å². The molecule has 0 aliphatic carbocycles. The minimum absolute atomic E-state index is 0.00678. The lowest BCUT2D eigenvalue weighted by Crippen LogP contribution is -2.03. The van der Waals surface area contributed by atoms with Gasteiger partial charge in [-0.3, -0.25) is 0 Å². The molecule has 1 N–H and O–H groups in total. The fraction of sp³-hybridized carbons (Fsp3) is 0.333. The third-order valence-corrected chi connectivity index (χ3v) is 3.40. The highest BCUT2D eigenvalue weighted by atomic mass is 32.1. The monoisotopic (exact) mass is 250 g/mol. The molecule has 0 atom stereocenters. The van der Waals surface area contributed by atoms with Crippen molar-refractivity contribution >= 4 is 11.3 Å². The first-order chi connectivity index (χ1) is 8.29. The van der Waals surface area contributed by atoms with Crippen molar-refractivity contribution in [3.05, 3.63) is 40.0 Å². The van der Waals surface area contributed by atoms with Gasteiger partial charge >= 0.3 is 0 Å². The Morgan fingerprint density at radius 3 is 3.00 bits per heavy atom. The highest BCUT2D eigenvalue weighted by molar-refractivity contribution is 7.09. The predicted octanol–water partition coefficient (Wildman–Crippen LogP) is 1.96. The summed E-state index contributed by atoms with van der Waals surface area (Å²) < 4.78 is 5.53. The van der Waals surface area contributed by atoms with Crippen molar-refractivity contribution in [1.29, 1.82) is 0 Å². The zero-order valence-electron chi connectivity index (χ0n) is 9.59. The number of nitrogens with zero attached hydrogens (tertiary/aromatic N) is 2. The van der Waals surface area contributed by atoms with E-state index in [9.17, 15) is 0 Å². The van der Waals surface area contributed by atoms with Gasteiger partial charge in [0, 0.05) is 23.6 Å². The van der Waals surface area contributed by atoms with E-state index >= 15 is 0 Å². The third-order valence-electron chi connectivity index (χ3n) is 2.41. The van der Waals surface area contributed by atoms with Gasteiger partial charge in [-0.1, -0.05) is 0 Å². The fourth-order valence-corrected chi connectivity index (χ4v) is 2.20. The van der Waals surface area contributed by atoms with E-state index in [1.54, 1.807) is 29.7 Å². The Morgan fingerprint density at radius 1 is 1.41 bits per heavy atom. The molecule has 0 saturated carbocycles. The van der Waals surface area contributed by atoms with E-state index in [-0.39, 0.29) is 6.61 Å².